The van der Waals surface area contributed by atoms with Gasteiger partial charge in [0.1, 0.15) is 0 Å². The maximum Gasteiger partial charge on any atom is 0.0115 e. The molecule has 0 spiro atoms. The topological polar surface area (TPSA) is 12.0 Å². The minimum absolute atomic E-state index is 0.305. The molecule has 0 fully saturated rings. The van der Waals surface area contributed by atoms with Gasteiger partial charge in [0.2, 0.25) is 0 Å². The zero-order valence-corrected chi connectivity index (χ0v) is 9.74. The van der Waals surface area contributed by atoms with E-state index in [2.05, 4.69) is 39.6 Å². The molecule has 78 valence electrons. The summed E-state index contributed by atoms with van der Waals surface area (Å²) in [7, 11) is 0. The molecule has 0 aliphatic heterocycles. The highest BCUT2D eigenvalue weighted by atomic mass is 14.9. The van der Waals surface area contributed by atoms with Crippen molar-refractivity contribution in [1.29, 1.82) is 0 Å². The second kappa shape index (κ2) is 6.06. The molecule has 1 heteroatoms. The molecule has 0 aromatic rings. The molecule has 0 atom stereocenters. The lowest BCUT2D eigenvalue weighted by Gasteiger charge is -2.32. The summed E-state index contributed by atoms with van der Waals surface area (Å²) in [5.41, 5.74) is 1.53. The Morgan fingerprint density at radius 3 is 1.92 bits per heavy atom. The van der Waals surface area contributed by atoms with Crippen molar-refractivity contribution in [1.82, 2.24) is 5.32 Å². The number of hydrogen-bond acceptors (Lipinski definition) is 1. The summed E-state index contributed by atoms with van der Waals surface area (Å²) >= 11 is 0. The average Bonchev–Trinajstić information content (AvgIpc) is 2.05. The third kappa shape index (κ3) is 3.84. The third-order valence-corrected chi connectivity index (χ3v) is 2.72. The molecule has 0 amide bonds. The molecule has 0 aliphatic carbocycles. The van der Waals surface area contributed by atoms with E-state index in [9.17, 15) is 0 Å². The predicted molar refractivity (Wildman–Crippen MR) is 60.7 cm³/mol. The van der Waals surface area contributed by atoms with Crippen LogP contribution in [-0.2, 0) is 0 Å². The fourth-order valence-corrected chi connectivity index (χ4v) is 1.96. The van der Waals surface area contributed by atoms with Crippen molar-refractivity contribution in [3.63, 3.8) is 0 Å². The largest absolute Gasteiger partial charge is 0.389 e. The molecule has 1 N–H and O–H groups in total. The van der Waals surface area contributed by atoms with E-state index in [1.165, 1.54) is 31.4 Å². The van der Waals surface area contributed by atoms with E-state index >= 15 is 0 Å². The summed E-state index contributed by atoms with van der Waals surface area (Å²) in [6.07, 6.45) is 4.96. The van der Waals surface area contributed by atoms with Gasteiger partial charge in [-0.2, -0.15) is 0 Å². The van der Waals surface area contributed by atoms with Crippen LogP contribution in [0.3, 0.4) is 0 Å². The lowest BCUT2D eigenvalue weighted by Crippen LogP contribution is -2.28. The zero-order chi connectivity index (χ0) is 10.3. The van der Waals surface area contributed by atoms with Crippen molar-refractivity contribution in [2.24, 2.45) is 5.41 Å². The molecular formula is C12H25N. The first-order chi connectivity index (χ1) is 6.10. The lowest BCUT2D eigenvalue weighted by molar-refractivity contribution is 0.310. The van der Waals surface area contributed by atoms with Crippen molar-refractivity contribution >= 4 is 0 Å². The Balaban J connectivity index is 4.27. The van der Waals surface area contributed by atoms with Gasteiger partial charge in [-0.3, -0.25) is 0 Å². The molecule has 0 heterocycles. The fraction of sp³-hybridized carbons (Fsp3) is 0.833. The highest BCUT2D eigenvalue weighted by molar-refractivity contribution is 5.06. The quantitative estimate of drug-likeness (QED) is 0.634. The van der Waals surface area contributed by atoms with Gasteiger partial charge in [0.15, 0.2) is 0 Å². The molecule has 0 unspecified atom stereocenters. The van der Waals surface area contributed by atoms with Crippen LogP contribution in [0.15, 0.2) is 12.3 Å². The highest BCUT2D eigenvalue weighted by Gasteiger charge is 2.25. The van der Waals surface area contributed by atoms with Crippen molar-refractivity contribution < 1.29 is 0 Å². The van der Waals surface area contributed by atoms with Crippen LogP contribution in [0.5, 0.6) is 0 Å². The summed E-state index contributed by atoms with van der Waals surface area (Å²) < 4.78 is 0. The van der Waals surface area contributed by atoms with E-state index in [0.717, 1.165) is 6.54 Å². The normalized spacial score (nSPS) is 11.4. The van der Waals surface area contributed by atoms with E-state index in [0.29, 0.717) is 5.41 Å². The molecule has 0 radical (unpaired) electrons. The van der Waals surface area contributed by atoms with Crippen molar-refractivity contribution in [2.45, 2.75) is 53.4 Å². The number of rotatable bonds is 7. The summed E-state index contributed by atoms with van der Waals surface area (Å²) in [5.74, 6) is 0. The Morgan fingerprint density at radius 1 is 1.15 bits per heavy atom. The highest BCUT2D eigenvalue weighted by Crippen LogP contribution is 2.34. The van der Waals surface area contributed by atoms with Gasteiger partial charge in [-0.05, 0) is 19.8 Å². The second-order valence-electron chi connectivity index (χ2n) is 4.07. The van der Waals surface area contributed by atoms with E-state index < -0.39 is 0 Å². The molecule has 0 aromatic heterocycles. The first-order valence-electron chi connectivity index (χ1n) is 5.54. The number of hydrogen-bond donors (Lipinski definition) is 1. The zero-order valence-electron chi connectivity index (χ0n) is 9.74. The first-order valence-corrected chi connectivity index (χ1v) is 5.54. The predicted octanol–water partition coefficient (Wildman–Crippen LogP) is 3.72. The number of nitrogens with one attached hydrogen (secondary N) is 1. The van der Waals surface area contributed by atoms with E-state index in [1.54, 1.807) is 0 Å². The van der Waals surface area contributed by atoms with Gasteiger partial charge in [0, 0.05) is 17.7 Å². The first kappa shape index (κ1) is 12.5. The summed E-state index contributed by atoms with van der Waals surface area (Å²) in [6, 6.07) is 0. The minimum Gasteiger partial charge on any atom is -0.389 e. The van der Waals surface area contributed by atoms with Crippen LogP contribution in [0.25, 0.3) is 0 Å². The standard InChI is InChI=1S/C12H25N/c1-6-9-12(5,10-7-2)11(4)13-8-3/h13H,4,6-10H2,1-3,5H3. The van der Waals surface area contributed by atoms with Gasteiger partial charge >= 0.3 is 0 Å². The lowest BCUT2D eigenvalue weighted by atomic mass is 9.78. The maximum atomic E-state index is 4.14. The van der Waals surface area contributed by atoms with Crippen LogP contribution in [0, 0.1) is 5.41 Å². The Bertz CT molecular complexity index is 143. The van der Waals surface area contributed by atoms with Crippen molar-refractivity contribution in [3.8, 4) is 0 Å². The molecule has 0 rings (SSSR count). The van der Waals surface area contributed by atoms with Gasteiger partial charge in [-0.25, -0.2) is 0 Å². The Morgan fingerprint density at radius 2 is 1.62 bits per heavy atom. The van der Waals surface area contributed by atoms with Gasteiger partial charge in [0.05, 0.1) is 0 Å². The fourth-order valence-electron chi connectivity index (χ4n) is 1.96. The SMILES string of the molecule is C=C(NCC)C(C)(CCC)CCC. The van der Waals surface area contributed by atoms with Gasteiger partial charge < -0.3 is 5.32 Å². The minimum atomic E-state index is 0.305. The average molecular weight is 183 g/mol. The van der Waals surface area contributed by atoms with Gasteiger partial charge in [0.25, 0.3) is 0 Å². The van der Waals surface area contributed by atoms with Gasteiger partial charge in [-0.1, -0.05) is 40.2 Å². The van der Waals surface area contributed by atoms with Crippen molar-refractivity contribution in [3.05, 3.63) is 12.3 Å². The third-order valence-electron chi connectivity index (χ3n) is 2.72. The Labute approximate surface area is 83.6 Å². The molecule has 0 saturated carbocycles. The van der Waals surface area contributed by atoms with Crippen LogP contribution in [0.1, 0.15) is 53.4 Å². The van der Waals surface area contributed by atoms with E-state index in [-0.39, 0.29) is 0 Å². The van der Waals surface area contributed by atoms with Crippen LogP contribution in [0.4, 0.5) is 0 Å². The van der Waals surface area contributed by atoms with Crippen molar-refractivity contribution in [2.75, 3.05) is 6.54 Å². The molecule has 13 heavy (non-hydrogen) atoms. The second-order valence-corrected chi connectivity index (χ2v) is 4.07. The summed E-state index contributed by atoms with van der Waals surface area (Å²) in [6.45, 7) is 14.1. The summed E-state index contributed by atoms with van der Waals surface area (Å²) in [4.78, 5) is 0. The maximum absolute atomic E-state index is 4.14. The van der Waals surface area contributed by atoms with Crippen LogP contribution < -0.4 is 5.32 Å². The Hall–Kier alpha value is -0.460. The molecule has 0 saturated heterocycles. The van der Waals surface area contributed by atoms with Crippen LogP contribution in [0.2, 0.25) is 0 Å². The summed E-state index contributed by atoms with van der Waals surface area (Å²) in [5, 5.41) is 3.36. The Kier molecular flexibility index (Phi) is 5.85. The number of allylic oxidation sites excluding steroid dienone is 1. The monoisotopic (exact) mass is 183 g/mol. The smallest absolute Gasteiger partial charge is 0.0115 e. The van der Waals surface area contributed by atoms with Crippen LogP contribution >= 0.6 is 0 Å². The molecule has 1 nitrogen and oxygen atoms in total. The van der Waals surface area contributed by atoms with E-state index in [4.69, 9.17) is 0 Å². The molecule has 0 bridgehead atoms. The molecule has 0 aliphatic rings. The van der Waals surface area contributed by atoms with Crippen LogP contribution in [-0.4, -0.2) is 6.54 Å². The molecular weight excluding hydrogens is 158 g/mol. The van der Waals surface area contributed by atoms with Gasteiger partial charge in [-0.15, -0.1) is 0 Å². The van der Waals surface area contributed by atoms with E-state index in [1.807, 2.05) is 0 Å². The molecule has 0 aromatic carbocycles.